The van der Waals surface area contributed by atoms with Crippen LogP contribution in [0.2, 0.25) is 0 Å². The molecular weight excluding hydrogens is 292 g/mol. The highest BCUT2D eigenvalue weighted by Gasteiger charge is 2.35. The monoisotopic (exact) mass is 304 g/mol. The Morgan fingerprint density at radius 3 is 2.76 bits per heavy atom. The second kappa shape index (κ2) is 5.13. The van der Waals surface area contributed by atoms with Crippen LogP contribution in [0.1, 0.15) is 34.8 Å². The van der Waals surface area contributed by atoms with Gasteiger partial charge in [0.1, 0.15) is 5.69 Å². The second-order valence-electron chi connectivity index (χ2n) is 4.78. The lowest BCUT2D eigenvalue weighted by Gasteiger charge is -2.03. The molecule has 0 radical (unpaired) electrons. The first kappa shape index (κ1) is 13.5. The lowest BCUT2D eigenvalue weighted by Crippen LogP contribution is -2.13. The zero-order valence-corrected chi connectivity index (χ0v) is 11.7. The van der Waals surface area contributed by atoms with Gasteiger partial charge in [0.15, 0.2) is 5.13 Å². The fourth-order valence-electron chi connectivity index (χ4n) is 2.00. The van der Waals surface area contributed by atoms with Gasteiger partial charge in [0, 0.05) is 11.6 Å². The van der Waals surface area contributed by atoms with Gasteiger partial charge in [-0.3, -0.25) is 20.2 Å². The Morgan fingerprint density at radius 2 is 2.14 bits per heavy atom. The summed E-state index contributed by atoms with van der Waals surface area (Å²) >= 11 is 0.882. The zero-order valence-electron chi connectivity index (χ0n) is 10.9. The lowest BCUT2D eigenvalue weighted by atomic mass is 10.2. The molecule has 1 heterocycles. The molecule has 108 valence electrons. The molecule has 1 saturated carbocycles. The molecule has 1 aromatic carbocycles. The number of anilines is 2. The number of hydrogen-bond acceptors (Lipinski definition) is 6. The maximum absolute atomic E-state index is 12.1. The van der Waals surface area contributed by atoms with Crippen LogP contribution in [0.3, 0.4) is 0 Å². The number of hydrogen-bond donors (Lipinski definition) is 2. The van der Waals surface area contributed by atoms with Crippen LogP contribution >= 0.6 is 11.3 Å². The van der Waals surface area contributed by atoms with Crippen LogP contribution in [-0.4, -0.2) is 15.8 Å². The smallest absolute Gasteiger partial charge is 0.349 e. The molecule has 1 aliphatic carbocycles. The molecule has 3 rings (SSSR count). The van der Waals surface area contributed by atoms with Crippen molar-refractivity contribution in [2.24, 2.45) is 0 Å². The molecule has 0 saturated heterocycles. The van der Waals surface area contributed by atoms with Crippen LogP contribution in [0, 0.1) is 10.1 Å². The first-order valence-corrected chi connectivity index (χ1v) is 7.19. The van der Waals surface area contributed by atoms with E-state index in [1.807, 2.05) is 0 Å². The number of benzene rings is 1. The molecule has 3 N–H and O–H groups in total. The van der Waals surface area contributed by atoms with Crippen LogP contribution in [0.25, 0.3) is 0 Å². The summed E-state index contributed by atoms with van der Waals surface area (Å²) in [5.74, 6) is -0.270. The Balaban J connectivity index is 1.85. The largest absolute Gasteiger partial charge is 0.398 e. The predicted molar refractivity (Wildman–Crippen MR) is 79.6 cm³/mol. The van der Waals surface area contributed by atoms with E-state index < -0.39 is 10.8 Å². The molecule has 0 spiro atoms. The van der Waals surface area contributed by atoms with E-state index in [1.165, 1.54) is 0 Å². The number of rotatable bonds is 4. The fraction of sp³-hybridized carbons (Fsp3) is 0.231. The molecule has 0 unspecified atom stereocenters. The Labute approximate surface area is 124 Å². The fourth-order valence-corrected chi connectivity index (χ4v) is 2.86. The minimum Gasteiger partial charge on any atom is -0.398 e. The number of thiazole rings is 1. The van der Waals surface area contributed by atoms with Crippen LogP contribution in [-0.2, 0) is 0 Å². The molecule has 2 aromatic rings. The van der Waals surface area contributed by atoms with E-state index in [9.17, 15) is 14.9 Å². The van der Waals surface area contributed by atoms with Gasteiger partial charge in [-0.05, 0) is 36.3 Å². The quantitative estimate of drug-likeness (QED) is 0.512. The van der Waals surface area contributed by atoms with Crippen molar-refractivity contribution in [2.45, 2.75) is 18.8 Å². The summed E-state index contributed by atoms with van der Waals surface area (Å²) in [5.41, 5.74) is 6.88. The third-order valence-corrected chi connectivity index (χ3v) is 4.13. The summed E-state index contributed by atoms with van der Waals surface area (Å²) in [6.45, 7) is 0. The topological polar surface area (TPSA) is 111 Å². The number of nitrogen functional groups attached to an aromatic ring is 1. The van der Waals surface area contributed by atoms with Gasteiger partial charge >= 0.3 is 5.00 Å². The average Bonchev–Trinajstić information content (AvgIpc) is 3.20. The first-order valence-electron chi connectivity index (χ1n) is 6.37. The normalized spacial score (nSPS) is 13.9. The number of carbonyl (C=O) groups is 1. The number of nitrogens with two attached hydrogens (primary N) is 1. The van der Waals surface area contributed by atoms with E-state index in [-0.39, 0.29) is 16.1 Å². The van der Waals surface area contributed by atoms with E-state index in [0.29, 0.717) is 16.9 Å². The van der Waals surface area contributed by atoms with E-state index in [0.717, 1.165) is 24.2 Å². The number of nitrogens with zero attached hydrogens (tertiary/aromatic N) is 2. The third kappa shape index (κ3) is 2.70. The molecule has 0 atom stereocenters. The second-order valence-corrected chi connectivity index (χ2v) is 5.76. The Hall–Kier alpha value is -2.48. The molecule has 1 fully saturated rings. The first-order chi connectivity index (χ1) is 10.1. The van der Waals surface area contributed by atoms with Crippen molar-refractivity contribution in [3.05, 3.63) is 45.6 Å². The predicted octanol–water partition coefficient (Wildman–Crippen LogP) is 2.76. The van der Waals surface area contributed by atoms with Gasteiger partial charge in [-0.1, -0.05) is 12.1 Å². The molecule has 8 heteroatoms. The van der Waals surface area contributed by atoms with Crippen molar-refractivity contribution < 1.29 is 9.72 Å². The highest BCUT2D eigenvalue weighted by molar-refractivity contribution is 7.19. The highest BCUT2D eigenvalue weighted by atomic mass is 32.1. The van der Waals surface area contributed by atoms with E-state index in [2.05, 4.69) is 10.3 Å². The summed E-state index contributed by atoms with van der Waals surface area (Å²) in [7, 11) is 0. The van der Waals surface area contributed by atoms with Gasteiger partial charge in [0.25, 0.3) is 5.91 Å². The molecule has 21 heavy (non-hydrogen) atoms. The van der Waals surface area contributed by atoms with Crippen molar-refractivity contribution in [2.75, 3.05) is 11.1 Å². The molecular formula is C13H12N4O3S. The van der Waals surface area contributed by atoms with Crippen molar-refractivity contribution in [3.63, 3.8) is 0 Å². The van der Waals surface area contributed by atoms with Crippen LogP contribution < -0.4 is 11.1 Å². The Bertz CT molecular complexity index is 724. The molecule has 1 aliphatic rings. The third-order valence-electron chi connectivity index (χ3n) is 3.19. The zero-order chi connectivity index (χ0) is 15.0. The molecule has 1 amide bonds. The van der Waals surface area contributed by atoms with Crippen LogP contribution in [0.15, 0.2) is 24.3 Å². The van der Waals surface area contributed by atoms with Gasteiger partial charge < -0.3 is 5.73 Å². The standard InChI is InChI=1S/C13H12N4O3S/c14-9-4-2-1-3-8(9)11(18)16-13-15-10(7-5-6-7)12(21-13)17(19)20/h1-4,7H,5-6,14H2,(H,15,16,18). The van der Waals surface area contributed by atoms with Gasteiger partial charge in [0.05, 0.1) is 10.5 Å². The Kier molecular flexibility index (Phi) is 3.30. The SMILES string of the molecule is Nc1ccccc1C(=O)Nc1nc(C2CC2)c([N+](=O)[O-])s1. The van der Waals surface area contributed by atoms with Gasteiger partial charge in [0.2, 0.25) is 0 Å². The lowest BCUT2D eigenvalue weighted by molar-refractivity contribution is -0.381. The van der Waals surface area contributed by atoms with Crippen molar-refractivity contribution in [1.29, 1.82) is 0 Å². The summed E-state index contributed by atoms with van der Waals surface area (Å²) < 4.78 is 0. The van der Waals surface area contributed by atoms with Gasteiger partial charge in [-0.15, -0.1) is 0 Å². The van der Waals surface area contributed by atoms with E-state index >= 15 is 0 Å². The average molecular weight is 304 g/mol. The van der Waals surface area contributed by atoms with Crippen molar-refractivity contribution in [3.8, 4) is 0 Å². The number of nitrogens with one attached hydrogen (secondary N) is 1. The number of aromatic nitrogens is 1. The maximum Gasteiger partial charge on any atom is 0.349 e. The number of amides is 1. The molecule has 0 bridgehead atoms. The highest BCUT2D eigenvalue weighted by Crippen LogP contribution is 2.46. The van der Waals surface area contributed by atoms with E-state index in [4.69, 9.17) is 5.73 Å². The van der Waals surface area contributed by atoms with Crippen molar-refractivity contribution in [1.82, 2.24) is 4.98 Å². The number of para-hydroxylation sites is 1. The molecule has 1 aromatic heterocycles. The summed E-state index contributed by atoms with van der Waals surface area (Å²) in [4.78, 5) is 26.9. The Morgan fingerprint density at radius 1 is 1.43 bits per heavy atom. The van der Waals surface area contributed by atoms with Gasteiger partial charge in [-0.25, -0.2) is 4.98 Å². The molecule has 7 nitrogen and oxygen atoms in total. The minimum atomic E-state index is -0.447. The maximum atomic E-state index is 12.1. The summed E-state index contributed by atoms with van der Waals surface area (Å²) in [6.07, 6.45) is 1.81. The van der Waals surface area contributed by atoms with Crippen LogP contribution in [0.4, 0.5) is 15.8 Å². The molecule has 0 aliphatic heterocycles. The van der Waals surface area contributed by atoms with E-state index in [1.54, 1.807) is 24.3 Å². The van der Waals surface area contributed by atoms with Crippen LogP contribution in [0.5, 0.6) is 0 Å². The summed E-state index contributed by atoms with van der Waals surface area (Å²) in [5, 5.41) is 13.8. The number of carbonyl (C=O) groups excluding carboxylic acids is 1. The van der Waals surface area contributed by atoms with Gasteiger partial charge in [-0.2, -0.15) is 0 Å². The van der Waals surface area contributed by atoms with Crippen molar-refractivity contribution >= 4 is 33.1 Å². The number of nitro groups is 1. The summed E-state index contributed by atoms with van der Waals surface area (Å²) in [6, 6.07) is 6.64. The minimum absolute atomic E-state index is 0.00818.